The van der Waals surface area contributed by atoms with Crippen LogP contribution < -0.4 is 5.32 Å². The van der Waals surface area contributed by atoms with E-state index in [1.54, 1.807) is 0 Å². The van der Waals surface area contributed by atoms with Gasteiger partial charge in [-0.3, -0.25) is 4.79 Å². The van der Waals surface area contributed by atoms with Crippen molar-refractivity contribution in [2.24, 2.45) is 0 Å². The van der Waals surface area contributed by atoms with E-state index in [0.29, 0.717) is 24.7 Å². The van der Waals surface area contributed by atoms with E-state index in [1.165, 1.54) is 0 Å². The molecule has 0 aliphatic carbocycles. The number of rotatable bonds is 4. The molecule has 0 spiro atoms. The molecular formula is C15H21ClN2O2. The van der Waals surface area contributed by atoms with Gasteiger partial charge in [-0.2, -0.15) is 0 Å². The molecule has 1 amide bonds. The third-order valence-corrected chi connectivity index (χ3v) is 3.59. The number of morpholine rings is 1. The summed E-state index contributed by atoms with van der Waals surface area (Å²) < 4.78 is 5.55. The number of hydrogen-bond acceptors (Lipinski definition) is 3. The number of nitrogens with zero attached hydrogens (tertiary/aromatic N) is 1. The first-order valence-electron chi connectivity index (χ1n) is 6.95. The van der Waals surface area contributed by atoms with Gasteiger partial charge in [-0.1, -0.05) is 23.7 Å². The van der Waals surface area contributed by atoms with Crippen molar-refractivity contribution in [3.05, 3.63) is 34.9 Å². The van der Waals surface area contributed by atoms with E-state index in [9.17, 15) is 4.79 Å². The molecule has 1 atom stereocenters. The standard InChI is InChI=1S/C15H21ClN2O2/c1-11(2)18(10-12-4-3-5-13(16)8-12)15(19)14-9-17-6-7-20-14/h3-5,8,11,14,17H,6-7,9-10H2,1-2H3. The van der Waals surface area contributed by atoms with E-state index in [1.807, 2.05) is 43.0 Å². The summed E-state index contributed by atoms with van der Waals surface area (Å²) in [5, 5.41) is 3.88. The lowest BCUT2D eigenvalue weighted by atomic mass is 10.1. The molecule has 5 heteroatoms. The number of nitrogens with one attached hydrogen (secondary N) is 1. The van der Waals surface area contributed by atoms with Gasteiger partial charge in [-0.25, -0.2) is 0 Å². The number of amides is 1. The first-order valence-corrected chi connectivity index (χ1v) is 7.33. The quantitative estimate of drug-likeness (QED) is 0.925. The van der Waals surface area contributed by atoms with Gasteiger partial charge in [0.2, 0.25) is 0 Å². The van der Waals surface area contributed by atoms with Gasteiger partial charge in [0, 0.05) is 30.7 Å². The maximum absolute atomic E-state index is 12.6. The Balaban J connectivity index is 2.08. The van der Waals surface area contributed by atoms with Gasteiger partial charge >= 0.3 is 0 Å². The Hall–Kier alpha value is -1.10. The Morgan fingerprint density at radius 3 is 2.95 bits per heavy atom. The smallest absolute Gasteiger partial charge is 0.253 e. The first-order chi connectivity index (χ1) is 9.58. The van der Waals surface area contributed by atoms with E-state index in [-0.39, 0.29) is 18.1 Å². The van der Waals surface area contributed by atoms with Crippen LogP contribution >= 0.6 is 11.6 Å². The number of hydrogen-bond donors (Lipinski definition) is 1. The monoisotopic (exact) mass is 296 g/mol. The largest absolute Gasteiger partial charge is 0.366 e. The number of benzene rings is 1. The van der Waals surface area contributed by atoms with Crippen LogP contribution in [0.25, 0.3) is 0 Å². The fourth-order valence-electron chi connectivity index (χ4n) is 2.26. The molecule has 1 aliphatic rings. The second-order valence-electron chi connectivity index (χ2n) is 5.25. The van der Waals surface area contributed by atoms with E-state index < -0.39 is 0 Å². The van der Waals surface area contributed by atoms with Gasteiger partial charge < -0.3 is 15.0 Å². The van der Waals surface area contributed by atoms with Crippen molar-refractivity contribution in [3.8, 4) is 0 Å². The minimum absolute atomic E-state index is 0.0344. The summed E-state index contributed by atoms with van der Waals surface area (Å²) >= 11 is 6.00. The average Bonchev–Trinajstić information content (AvgIpc) is 2.45. The molecule has 1 aliphatic heterocycles. The van der Waals surface area contributed by atoms with Gasteiger partial charge in [0.1, 0.15) is 6.10 Å². The highest BCUT2D eigenvalue weighted by Gasteiger charge is 2.28. The lowest BCUT2D eigenvalue weighted by molar-refractivity contribution is -0.147. The van der Waals surface area contributed by atoms with Crippen molar-refractivity contribution in [2.75, 3.05) is 19.7 Å². The molecular weight excluding hydrogens is 276 g/mol. The lowest BCUT2D eigenvalue weighted by Crippen LogP contribution is -2.51. The normalized spacial score (nSPS) is 19.1. The second kappa shape index (κ2) is 7.07. The summed E-state index contributed by atoms with van der Waals surface area (Å²) in [6.45, 7) is 6.55. The van der Waals surface area contributed by atoms with Gasteiger partial charge in [-0.15, -0.1) is 0 Å². The van der Waals surface area contributed by atoms with E-state index in [4.69, 9.17) is 16.3 Å². The molecule has 0 aromatic heterocycles. The molecule has 1 aromatic rings. The van der Waals surface area contributed by atoms with Crippen molar-refractivity contribution < 1.29 is 9.53 Å². The Kier molecular flexibility index (Phi) is 5.40. The molecule has 110 valence electrons. The van der Waals surface area contributed by atoms with Crippen LogP contribution in [0.5, 0.6) is 0 Å². The first kappa shape index (κ1) is 15.3. The third kappa shape index (κ3) is 3.95. The summed E-state index contributed by atoms with van der Waals surface area (Å²) in [4.78, 5) is 14.4. The Morgan fingerprint density at radius 2 is 2.35 bits per heavy atom. The molecule has 1 N–H and O–H groups in total. The van der Waals surface area contributed by atoms with Crippen LogP contribution in [-0.4, -0.2) is 42.6 Å². The zero-order chi connectivity index (χ0) is 14.5. The van der Waals surface area contributed by atoms with Crippen molar-refractivity contribution in [1.82, 2.24) is 10.2 Å². The van der Waals surface area contributed by atoms with Crippen LogP contribution in [0.3, 0.4) is 0 Å². The predicted molar refractivity (Wildman–Crippen MR) is 79.7 cm³/mol. The number of carbonyl (C=O) groups is 1. The summed E-state index contributed by atoms with van der Waals surface area (Å²) in [7, 11) is 0. The molecule has 1 heterocycles. The van der Waals surface area contributed by atoms with Crippen molar-refractivity contribution in [3.63, 3.8) is 0 Å². The zero-order valence-corrected chi connectivity index (χ0v) is 12.7. The average molecular weight is 297 g/mol. The number of carbonyl (C=O) groups excluding carboxylic acids is 1. The van der Waals surface area contributed by atoms with Crippen molar-refractivity contribution >= 4 is 17.5 Å². The summed E-state index contributed by atoms with van der Waals surface area (Å²) in [6, 6.07) is 7.73. The molecule has 0 saturated carbocycles. The topological polar surface area (TPSA) is 41.6 Å². The van der Waals surface area contributed by atoms with Crippen LogP contribution in [-0.2, 0) is 16.1 Å². The predicted octanol–water partition coefficient (Wildman–Crippen LogP) is 2.07. The second-order valence-corrected chi connectivity index (χ2v) is 5.69. The van der Waals surface area contributed by atoms with Crippen LogP contribution in [0.15, 0.2) is 24.3 Å². The fourth-order valence-corrected chi connectivity index (χ4v) is 2.47. The van der Waals surface area contributed by atoms with Gasteiger partial charge in [0.05, 0.1) is 6.61 Å². The molecule has 0 radical (unpaired) electrons. The SMILES string of the molecule is CC(C)N(Cc1cccc(Cl)c1)C(=O)C1CNCCO1. The Morgan fingerprint density at radius 1 is 1.55 bits per heavy atom. The van der Waals surface area contributed by atoms with Gasteiger partial charge in [-0.05, 0) is 31.5 Å². The summed E-state index contributed by atoms with van der Waals surface area (Å²) in [5.74, 6) is 0.0344. The molecule has 1 fully saturated rings. The molecule has 1 unspecified atom stereocenters. The van der Waals surface area contributed by atoms with Crippen molar-refractivity contribution in [1.29, 1.82) is 0 Å². The van der Waals surface area contributed by atoms with Gasteiger partial charge in [0.25, 0.3) is 5.91 Å². The minimum Gasteiger partial charge on any atom is -0.366 e. The molecule has 4 nitrogen and oxygen atoms in total. The van der Waals surface area contributed by atoms with Crippen LogP contribution in [0.1, 0.15) is 19.4 Å². The van der Waals surface area contributed by atoms with E-state index >= 15 is 0 Å². The zero-order valence-electron chi connectivity index (χ0n) is 11.9. The maximum Gasteiger partial charge on any atom is 0.253 e. The third-order valence-electron chi connectivity index (χ3n) is 3.35. The lowest BCUT2D eigenvalue weighted by Gasteiger charge is -2.32. The number of ether oxygens (including phenoxy) is 1. The van der Waals surface area contributed by atoms with Crippen LogP contribution in [0, 0.1) is 0 Å². The number of halogens is 1. The van der Waals surface area contributed by atoms with Crippen LogP contribution in [0.2, 0.25) is 5.02 Å². The molecule has 20 heavy (non-hydrogen) atoms. The molecule has 2 rings (SSSR count). The van der Waals surface area contributed by atoms with E-state index in [2.05, 4.69) is 5.32 Å². The van der Waals surface area contributed by atoms with Crippen molar-refractivity contribution in [2.45, 2.75) is 32.5 Å². The molecule has 1 saturated heterocycles. The Labute approximate surface area is 125 Å². The highest BCUT2D eigenvalue weighted by Crippen LogP contribution is 2.16. The highest BCUT2D eigenvalue weighted by atomic mass is 35.5. The summed E-state index contributed by atoms with van der Waals surface area (Å²) in [6.07, 6.45) is -0.384. The maximum atomic E-state index is 12.6. The summed E-state index contributed by atoms with van der Waals surface area (Å²) in [5.41, 5.74) is 1.03. The van der Waals surface area contributed by atoms with E-state index in [0.717, 1.165) is 12.1 Å². The highest BCUT2D eigenvalue weighted by molar-refractivity contribution is 6.30. The van der Waals surface area contributed by atoms with Crippen LogP contribution in [0.4, 0.5) is 0 Å². The molecule has 0 bridgehead atoms. The van der Waals surface area contributed by atoms with Gasteiger partial charge in [0.15, 0.2) is 0 Å². The Bertz CT molecular complexity index is 459. The fraction of sp³-hybridized carbons (Fsp3) is 0.533. The molecule has 1 aromatic carbocycles. The minimum atomic E-state index is -0.384.